The van der Waals surface area contributed by atoms with E-state index in [-0.39, 0.29) is 33.6 Å². The SMILES string of the molecule is COC#COC.[C-]#[O+].[C-]#[O+].[C-]#[O+].[C-]#[O+].[C-]#[O+].[C-]#[O+].[Co].[Co]. The van der Waals surface area contributed by atoms with E-state index < -0.39 is 0 Å². The fourth-order valence-corrected chi connectivity index (χ4v) is 0.0833. The van der Waals surface area contributed by atoms with Gasteiger partial charge in [-0.25, -0.2) is 0 Å². The number of hydrogen-bond acceptors (Lipinski definition) is 2. The van der Waals surface area contributed by atoms with Gasteiger partial charge in [0.2, 0.25) is 0 Å². The van der Waals surface area contributed by atoms with Crippen molar-refractivity contribution in [3.05, 3.63) is 39.9 Å². The molecule has 0 fully saturated rings. The first-order chi connectivity index (χ1) is 8.91. The molecule has 0 aromatic rings. The first kappa shape index (κ1) is 62.5. The molecule has 0 saturated carbocycles. The summed E-state index contributed by atoms with van der Waals surface area (Å²) in [6, 6.07) is 0. The molecule has 0 N–H and O–H groups in total. The van der Waals surface area contributed by atoms with Gasteiger partial charge in [0.25, 0.3) is 0 Å². The molecule has 20 heavy (non-hydrogen) atoms. The smallest absolute Gasteiger partial charge is 0 e. The topological polar surface area (TPSA) is 138 Å². The van der Waals surface area contributed by atoms with Gasteiger partial charge in [-0.3, -0.25) is 0 Å². The fourth-order valence-electron chi connectivity index (χ4n) is 0.0833. The molecule has 10 heteroatoms. The number of ether oxygens (including phenoxy) is 2. The van der Waals surface area contributed by atoms with Crippen molar-refractivity contribution in [1.82, 2.24) is 0 Å². The number of methoxy groups -OCH3 is 2. The van der Waals surface area contributed by atoms with Crippen molar-refractivity contribution in [2.45, 2.75) is 0 Å². The Bertz CT molecular complexity index is 212. The number of hydrogen-bond donors (Lipinski definition) is 0. The van der Waals surface area contributed by atoms with Gasteiger partial charge in [0.1, 0.15) is 0 Å². The molecule has 112 valence electrons. The van der Waals surface area contributed by atoms with Crippen LogP contribution >= 0.6 is 0 Å². The molecular formula is C10H6Co2O8. The van der Waals surface area contributed by atoms with E-state index in [1.54, 1.807) is 0 Å². The Kier molecular flexibility index (Phi) is 2220. The molecule has 0 atom stereocenters. The Balaban J connectivity index is -0.0000000109. The summed E-state index contributed by atoms with van der Waals surface area (Å²) < 4.78 is 53.6. The van der Waals surface area contributed by atoms with Crippen LogP contribution < -0.4 is 0 Å². The van der Waals surface area contributed by atoms with Crippen molar-refractivity contribution < 1.29 is 70.9 Å². The van der Waals surface area contributed by atoms with Gasteiger partial charge in [0, 0.05) is 33.6 Å². The van der Waals surface area contributed by atoms with Gasteiger partial charge in [-0.2, -0.15) is 0 Å². The molecule has 0 rings (SSSR count). The molecule has 0 aliphatic rings. The summed E-state index contributed by atoms with van der Waals surface area (Å²) in [7, 11) is 2.96. The second-order valence-corrected chi connectivity index (χ2v) is 0.612. The quantitative estimate of drug-likeness (QED) is 0.335. The van der Waals surface area contributed by atoms with Crippen LogP contribution in [0.4, 0.5) is 0 Å². The summed E-state index contributed by atoms with van der Waals surface area (Å²) in [5.41, 5.74) is 0. The largest absolute Gasteiger partial charge is 0 e. The van der Waals surface area contributed by atoms with E-state index in [1.165, 1.54) is 14.2 Å². The summed E-state index contributed by atoms with van der Waals surface area (Å²) in [5.74, 6) is 0. The van der Waals surface area contributed by atoms with Gasteiger partial charge >= 0.3 is 67.8 Å². The van der Waals surface area contributed by atoms with Crippen LogP contribution in [-0.2, 0) is 70.9 Å². The zero-order valence-electron chi connectivity index (χ0n) is 9.93. The minimum atomic E-state index is 0. The Hall–Kier alpha value is -1.39. The number of rotatable bonds is 0. The van der Waals surface area contributed by atoms with Gasteiger partial charge in [-0.05, 0) is 0 Å². The van der Waals surface area contributed by atoms with E-state index in [4.69, 9.17) is 27.9 Å². The second kappa shape index (κ2) is 712. The molecule has 0 bridgehead atoms. The Morgan fingerprint density at radius 1 is 0.500 bits per heavy atom. The summed E-state index contributed by atoms with van der Waals surface area (Å²) >= 11 is 0. The van der Waals surface area contributed by atoms with Crippen LogP contribution in [0, 0.1) is 52.1 Å². The van der Waals surface area contributed by atoms with Crippen LogP contribution in [0.5, 0.6) is 0 Å². The molecule has 0 aliphatic heterocycles. The average molecular weight is 372 g/mol. The Labute approximate surface area is 137 Å². The van der Waals surface area contributed by atoms with Gasteiger partial charge in [0.15, 0.2) is 12.2 Å². The third kappa shape index (κ3) is 1560. The van der Waals surface area contributed by atoms with Gasteiger partial charge in [0.05, 0.1) is 14.2 Å². The third-order valence-corrected chi connectivity index (χ3v) is 0.246. The monoisotopic (exact) mass is 372 g/mol. The predicted octanol–water partition coefficient (Wildman–Crippen LogP) is -0.0325. The van der Waals surface area contributed by atoms with Crippen LogP contribution in [0.25, 0.3) is 0 Å². The van der Waals surface area contributed by atoms with E-state index in [1.807, 2.05) is 0 Å². The maximum Gasteiger partial charge on any atom is 0 e. The average Bonchev–Trinajstić information content (AvgIpc) is 2.57. The summed E-state index contributed by atoms with van der Waals surface area (Å²) in [6.45, 7) is 27.0. The normalized spacial score (nSPS) is 2.10. The van der Waals surface area contributed by atoms with Crippen LogP contribution in [0.2, 0.25) is 0 Å². The van der Waals surface area contributed by atoms with Crippen LogP contribution in [0.15, 0.2) is 0 Å². The Morgan fingerprint density at radius 2 is 0.600 bits per heavy atom. The van der Waals surface area contributed by atoms with Crippen molar-refractivity contribution in [3.63, 3.8) is 0 Å². The summed E-state index contributed by atoms with van der Waals surface area (Å²) in [5, 5.41) is 0. The van der Waals surface area contributed by atoms with E-state index in [0.717, 1.165) is 0 Å². The fraction of sp³-hybridized carbons (Fsp3) is 0.200. The van der Waals surface area contributed by atoms with Gasteiger partial charge in [-0.15, -0.1) is 0 Å². The van der Waals surface area contributed by atoms with Crippen LogP contribution in [0.3, 0.4) is 0 Å². The molecule has 0 aliphatic carbocycles. The third-order valence-electron chi connectivity index (χ3n) is 0.246. The van der Waals surface area contributed by atoms with E-state index in [9.17, 15) is 0 Å². The minimum Gasteiger partial charge on any atom is 0 e. The second-order valence-electron chi connectivity index (χ2n) is 0.612. The standard InChI is InChI=1S/C4H6O2.6CO.2Co/c1-5-3-4-6-2;6*1-2;;/h1-2H3;;;;;;;;. The van der Waals surface area contributed by atoms with E-state index >= 15 is 0 Å². The van der Waals surface area contributed by atoms with Crippen molar-refractivity contribution in [2.24, 2.45) is 0 Å². The van der Waals surface area contributed by atoms with Gasteiger partial charge in [-0.1, -0.05) is 0 Å². The molecule has 0 amide bonds. The van der Waals surface area contributed by atoms with Crippen molar-refractivity contribution >= 4 is 0 Å². The van der Waals surface area contributed by atoms with Crippen molar-refractivity contribution in [3.8, 4) is 12.2 Å². The maximum atomic E-state index is 7.50. The summed E-state index contributed by atoms with van der Waals surface area (Å²) in [4.78, 5) is 0. The van der Waals surface area contributed by atoms with Gasteiger partial charge < -0.3 is 9.47 Å². The predicted molar refractivity (Wildman–Crippen MR) is 45.4 cm³/mol. The molecule has 0 aromatic heterocycles. The van der Waals surface area contributed by atoms with Crippen LogP contribution in [-0.4, -0.2) is 14.2 Å². The van der Waals surface area contributed by atoms with Crippen molar-refractivity contribution in [2.75, 3.05) is 14.2 Å². The molecule has 0 heterocycles. The maximum absolute atomic E-state index is 7.50. The van der Waals surface area contributed by atoms with E-state index in [0.29, 0.717) is 0 Å². The van der Waals surface area contributed by atoms with E-state index in [2.05, 4.69) is 61.6 Å². The molecule has 0 spiro atoms. The summed E-state index contributed by atoms with van der Waals surface area (Å²) in [6.07, 6.45) is 4.45. The van der Waals surface area contributed by atoms with Crippen molar-refractivity contribution in [1.29, 1.82) is 0 Å². The zero-order valence-corrected chi connectivity index (χ0v) is 12.0. The first-order valence-electron chi connectivity index (χ1n) is 2.70. The molecule has 0 unspecified atom stereocenters. The molecule has 0 saturated heterocycles. The Morgan fingerprint density at radius 3 is 0.650 bits per heavy atom. The van der Waals surface area contributed by atoms with Crippen LogP contribution in [0.1, 0.15) is 0 Å². The first-order valence-corrected chi connectivity index (χ1v) is 2.70. The molecule has 2 radical (unpaired) electrons. The zero-order chi connectivity index (χ0) is 16.8. The minimum absolute atomic E-state index is 0. The molecular weight excluding hydrogens is 366 g/mol. The molecule has 8 nitrogen and oxygen atoms in total. The molecule has 0 aromatic carbocycles.